The van der Waals surface area contributed by atoms with E-state index in [0.29, 0.717) is 88.0 Å². The third kappa shape index (κ3) is 16.3. The number of ether oxygens (including phenoxy) is 5. The van der Waals surface area contributed by atoms with Gasteiger partial charge in [-0.2, -0.15) is 0 Å². The van der Waals surface area contributed by atoms with Gasteiger partial charge < -0.3 is 33.5 Å². The zero-order valence-electron chi connectivity index (χ0n) is 43.9. The number of nitrogens with zero attached hydrogens (tertiary/aromatic N) is 4. The van der Waals surface area contributed by atoms with Crippen molar-refractivity contribution in [1.82, 2.24) is 19.8 Å². The van der Waals surface area contributed by atoms with Gasteiger partial charge in [-0.25, -0.2) is 4.79 Å². The first-order chi connectivity index (χ1) is 39.2. The molecule has 0 radical (unpaired) electrons. The zero-order valence-corrected chi connectivity index (χ0v) is 45.4. The van der Waals surface area contributed by atoms with Crippen molar-refractivity contribution in [2.75, 3.05) is 19.7 Å². The highest BCUT2D eigenvalue weighted by atomic mass is 35.5. The molecule has 0 N–H and O–H groups in total. The summed E-state index contributed by atoms with van der Waals surface area (Å²) in [6.45, 7) is 1.52. The van der Waals surface area contributed by atoms with E-state index in [1.54, 1.807) is 88.9 Å². The van der Waals surface area contributed by atoms with Gasteiger partial charge in [0.2, 0.25) is 0 Å². The van der Waals surface area contributed by atoms with Gasteiger partial charge in [0, 0.05) is 62.8 Å². The third-order valence-corrected chi connectivity index (χ3v) is 13.5. The highest BCUT2D eigenvalue weighted by Crippen LogP contribution is 2.33. The predicted molar refractivity (Wildman–Crippen MR) is 309 cm³/mol. The minimum absolute atomic E-state index is 0.0583. The van der Waals surface area contributed by atoms with Crippen molar-refractivity contribution in [2.24, 2.45) is 0 Å². The van der Waals surface area contributed by atoms with Crippen LogP contribution in [0.25, 0.3) is 0 Å². The van der Waals surface area contributed by atoms with Gasteiger partial charge in [0.05, 0.1) is 21.2 Å². The third-order valence-electron chi connectivity index (χ3n) is 12.9. The summed E-state index contributed by atoms with van der Waals surface area (Å²) < 4.78 is 30.8. The summed E-state index contributed by atoms with van der Waals surface area (Å²) >= 11 is 13.1. The van der Waals surface area contributed by atoms with E-state index >= 15 is 0 Å². The Labute approximate surface area is 476 Å². The molecule has 80 heavy (non-hydrogen) atoms. The molecule has 0 saturated carbocycles. The first-order valence-corrected chi connectivity index (χ1v) is 26.9. The molecule has 0 unspecified atom stereocenters. The van der Waals surface area contributed by atoms with Gasteiger partial charge >= 0.3 is 5.97 Å². The van der Waals surface area contributed by atoms with E-state index in [1.807, 2.05) is 140 Å². The Morgan fingerprint density at radius 1 is 0.388 bits per heavy atom. The fourth-order valence-electron chi connectivity index (χ4n) is 8.67. The number of halogens is 2. The molecular weight excluding hydrogens is 1050 g/mol. The summed E-state index contributed by atoms with van der Waals surface area (Å²) in [5, 5.41) is 0.691. The van der Waals surface area contributed by atoms with Crippen LogP contribution in [0.1, 0.15) is 65.5 Å². The van der Waals surface area contributed by atoms with Crippen LogP contribution in [-0.4, -0.2) is 57.2 Å². The number of rotatable bonds is 26. The number of benzene rings is 7. The predicted octanol–water partition coefficient (Wildman–Crippen LogP) is 13.4. The topological polar surface area (TPSA) is 130 Å². The molecule has 7 aromatic carbocycles. The Hall–Kier alpha value is -8.97. The Balaban J connectivity index is 0.868. The van der Waals surface area contributed by atoms with Crippen molar-refractivity contribution in [2.45, 2.75) is 52.4 Å². The van der Waals surface area contributed by atoms with Crippen molar-refractivity contribution in [3.05, 3.63) is 285 Å². The van der Waals surface area contributed by atoms with Crippen LogP contribution in [0.15, 0.2) is 219 Å². The Morgan fingerprint density at radius 3 is 1.34 bits per heavy atom. The van der Waals surface area contributed by atoms with Crippen LogP contribution in [0.2, 0.25) is 10.0 Å². The van der Waals surface area contributed by atoms with Gasteiger partial charge in [-0.3, -0.25) is 19.6 Å². The number of carbonyl (C=O) groups is 3. The first kappa shape index (κ1) is 55.8. The Kier molecular flexibility index (Phi) is 19.9. The minimum atomic E-state index is -0.617. The Bertz CT molecular complexity index is 3470. The van der Waals surface area contributed by atoms with E-state index in [9.17, 15) is 14.4 Å². The normalized spacial score (nSPS) is 10.8. The molecule has 0 aliphatic rings. The highest BCUT2D eigenvalue weighted by molar-refractivity contribution is 6.34. The molecule has 12 nitrogen and oxygen atoms in total. The average Bonchev–Trinajstić information content (AvgIpc) is 3.51. The monoisotopic (exact) mass is 1100 g/mol. The summed E-state index contributed by atoms with van der Waals surface area (Å²) in [7, 11) is 0. The number of esters is 1. The largest absolute Gasteiger partial charge is 0.485 e. The molecule has 0 spiro atoms. The molecule has 2 amide bonds. The second kappa shape index (κ2) is 28.6. The standard InChI is InChI=1S/C66H58Cl2N4O8/c67-58-25-12-10-23-56(58)65(74)71(36-32-54-22-14-15-34-69-54)41-52-28-30-61(77-44-49-18-6-2-7-19-49)63(40-52)79-47-64(73)80-46-53-31-35-70-55(38-53)33-37-72(66(75)57-24-11-13-26-59(57)68)42-51-27-29-60(76-43-48-16-4-1-5-17-48)62(39-51)78-45-50-20-8-3-9-21-50/h1-31,34-35,38-40H,32-33,36-37,41-47H2. The van der Waals surface area contributed by atoms with Crippen LogP contribution < -0.4 is 18.9 Å². The maximum absolute atomic E-state index is 14.3. The summed E-state index contributed by atoms with van der Waals surface area (Å²) in [5.74, 6) is 0.725. The molecular formula is C66H58Cl2N4O8. The van der Waals surface area contributed by atoms with Crippen LogP contribution in [0, 0.1) is 0 Å². The fraction of sp³-hybridized carbons (Fsp3) is 0.167. The molecule has 0 atom stereocenters. The number of carbonyl (C=O) groups excluding carboxylic acids is 3. The van der Waals surface area contributed by atoms with Crippen LogP contribution in [0.4, 0.5) is 0 Å². The van der Waals surface area contributed by atoms with E-state index < -0.39 is 12.6 Å². The molecule has 2 aromatic heterocycles. The van der Waals surface area contributed by atoms with Crippen LogP contribution in [0.5, 0.6) is 23.0 Å². The first-order valence-electron chi connectivity index (χ1n) is 26.2. The van der Waals surface area contributed by atoms with Crippen LogP contribution >= 0.6 is 23.2 Å². The van der Waals surface area contributed by atoms with Crippen molar-refractivity contribution < 1.29 is 38.1 Å². The second-order valence-corrected chi connectivity index (χ2v) is 19.5. The van der Waals surface area contributed by atoms with Gasteiger partial charge in [-0.05, 0) is 106 Å². The van der Waals surface area contributed by atoms with Gasteiger partial charge in [0.1, 0.15) is 26.4 Å². The average molecular weight is 1110 g/mol. The number of hydrogen-bond acceptors (Lipinski definition) is 10. The summed E-state index contributed by atoms with van der Waals surface area (Å²) in [6.07, 6.45) is 4.27. The van der Waals surface area contributed by atoms with E-state index in [4.69, 9.17) is 46.9 Å². The molecule has 0 bridgehead atoms. The van der Waals surface area contributed by atoms with Crippen molar-refractivity contribution in [1.29, 1.82) is 0 Å². The maximum atomic E-state index is 14.3. The molecule has 2 heterocycles. The van der Waals surface area contributed by atoms with E-state index in [2.05, 4.69) is 9.97 Å². The summed E-state index contributed by atoms with van der Waals surface area (Å²) in [6, 6.07) is 63.9. The quantitative estimate of drug-likeness (QED) is 0.0483. The van der Waals surface area contributed by atoms with Crippen molar-refractivity contribution in [3.63, 3.8) is 0 Å². The number of amides is 2. The van der Waals surface area contributed by atoms with Crippen LogP contribution in [-0.2, 0) is 61.9 Å². The molecule has 9 aromatic rings. The lowest BCUT2D eigenvalue weighted by Gasteiger charge is -2.24. The number of pyridine rings is 2. The molecule has 404 valence electrons. The lowest BCUT2D eigenvalue weighted by atomic mass is 10.1. The minimum Gasteiger partial charge on any atom is -0.485 e. The van der Waals surface area contributed by atoms with E-state index in [-0.39, 0.29) is 44.7 Å². The Morgan fingerprint density at radius 2 is 0.838 bits per heavy atom. The van der Waals surface area contributed by atoms with E-state index in [1.165, 1.54) is 0 Å². The molecule has 0 fully saturated rings. The summed E-state index contributed by atoms with van der Waals surface area (Å²) in [4.78, 5) is 54.4. The van der Waals surface area contributed by atoms with Gasteiger partial charge in [0.15, 0.2) is 29.6 Å². The van der Waals surface area contributed by atoms with Gasteiger partial charge in [-0.15, -0.1) is 0 Å². The second-order valence-electron chi connectivity index (χ2n) is 18.7. The smallest absolute Gasteiger partial charge is 0.344 e. The highest BCUT2D eigenvalue weighted by Gasteiger charge is 2.23. The summed E-state index contributed by atoms with van der Waals surface area (Å²) in [5.41, 5.74) is 7.49. The molecule has 0 saturated heterocycles. The molecule has 0 aliphatic carbocycles. The van der Waals surface area contributed by atoms with E-state index in [0.717, 1.165) is 33.5 Å². The molecule has 14 heteroatoms. The van der Waals surface area contributed by atoms with Gasteiger partial charge in [-0.1, -0.05) is 157 Å². The molecule has 9 rings (SSSR count). The maximum Gasteiger partial charge on any atom is 0.344 e. The SMILES string of the molecule is O=C(COc1cc(CN(CCc2ccccn2)C(=O)c2ccccc2Cl)ccc1OCc1ccccc1)OCc1ccnc(CCN(Cc2ccc(OCc3ccccc3)c(OCc3ccccc3)c2)C(=O)c2ccccc2Cl)c1. The number of hydrogen-bond donors (Lipinski definition) is 0. The lowest BCUT2D eigenvalue weighted by molar-refractivity contribution is -0.147. The van der Waals surface area contributed by atoms with Crippen molar-refractivity contribution in [3.8, 4) is 23.0 Å². The van der Waals surface area contributed by atoms with Crippen molar-refractivity contribution >= 4 is 41.0 Å². The van der Waals surface area contributed by atoms with Gasteiger partial charge in [0.25, 0.3) is 11.8 Å². The zero-order chi connectivity index (χ0) is 55.3. The van der Waals surface area contributed by atoms with Crippen LogP contribution in [0.3, 0.4) is 0 Å². The number of aromatic nitrogens is 2. The fourth-order valence-corrected chi connectivity index (χ4v) is 9.10. The lowest BCUT2D eigenvalue weighted by Crippen LogP contribution is -2.33. The molecule has 0 aliphatic heterocycles.